The Morgan fingerprint density at radius 1 is 0.759 bits per heavy atom. The first-order valence-corrected chi connectivity index (χ1v) is 18.5. The number of hydrogen-bond donors (Lipinski definition) is 1. The van der Waals surface area contributed by atoms with Crippen LogP contribution in [-0.4, -0.2) is 75.4 Å². The lowest BCUT2D eigenvalue weighted by Crippen LogP contribution is -2.44. The standard InChI is InChI=1S/C39H41N3O11S/c1-3-5-6-16-23-29(38(47)49-4-2)54-33-32(43)40-39(48)42(41-33)34-31(53-37(46)27-21-14-9-15-22-27)30(52-36(45)26-19-12-8-13-20-26)28(51-34)24-50-35(44)25-17-10-7-11-18-25/h7-15,17-22,28-31,34H,3-6,16,23-24H2,1-2H3,(H,40,43,48). The lowest BCUT2D eigenvalue weighted by molar-refractivity contribution is -0.142. The maximum atomic E-state index is 13.5. The van der Waals surface area contributed by atoms with Crippen molar-refractivity contribution in [2.45, 2.75) is 80.8 Å². The Morgan fingerprint density at radius 3 is 1.87 bits per heavy atom. The number of aromatic amines is 1. The van der Waals surface area contributed by atoms with Crippen LogP contribution < -0.4 is 11.2 Å². The second kappa shape index (κ2) is 19.5. The number of aromatic nitrogens is 3. The molecule has 54 heavy (non-hydrogen) atoms. The van der Waals surface area contributed by atoms with Gasteiger partial charge in [0, 0.05) is 0 Å². The molecular weight excluding hydrogens is 719 g/mol. The molecule has 14 nitrogen and oxygen atoms in total. The van der Waals surface area contributed by atoms with E-state index in [1.54, 1.807) is 73.7 Å². The summed E-state index contributed by atoms with van der Waals surface area (Å²) < 4.78 is 29.7. The van der Waals surface area contributed by atoms with Crippen LogP contribution in [0.25, 0.3) is 0 Å². The van der Waals surface area contributed by atoms with Crippen LogP contribution in [0.2, 0.25) is 0 Å². The first kappa shape index (κ1) is 39.7. The van der Waals surface area contributed by atoms with Crippen molar-refractivity contribution >= 4 is 35.6 Å². The minimum atomic E-state index is -1.61. The Bertz CT molecular complexity index is 1990. The molecule has 5 unspecified atom stereocenters. The smallest absolute Gasteiger partial charge is 0.347 e. The van der Waals surface area contributed by atoms with Crippen molar-refractivity contribution in [3.05, 3.63) is 129 Å². The highest BCUT2D eigenvalue weighted by Crippen LogP contribution is 2.35. The number of carbonyl (C=O) groups is 4. The Labute approximate surface area is 315 Å². The summed E-state index contributed by atoms with van der Waals surface area (Å²) in [5.74, 6) is -2.92. The minimum Gasteiger partial charge on any atom is -0.465 e. The van der Waals surface area contributed by atoms with Gasteiger partial charge in [-0.05, 0) is 49.7 Å². The molecule has 1 aliphatic rings. The average Bonchev–Trinajstić information content (AvgIpc) is 3.52. The lowest BCUT2D eigenvalue weighted by atomic mass is 10.1. The van der Waals surface area contributed by atoms with E-state index in [9.17, 15) is 28.8 Å². The van der Waals surface area contributed by atoms with E-state index in [0.29, 0.717) is 12.8 Å². The Hall–Kier alpha value is -5.54. The van der Waals surface area contributed by atoms with Gasteiger partial charge in [0.15, 0.2) is 23.5 Å². The minimum absolute atomic E-state index is 0.123. The number of benzene rings is 3. The Balaban J connectivity index is 1.53. The maximum absolute atomic E-state index is 13.5. The molecule has 1 fully saturated rings. The highest BCUT2D eigenvalue weighted by atomic mass is 32.2. The van der Waals surface area contributed by atoms with E-state index in [1.165, 1.54) is 24.3 Å². The molecule has 0 amide bonds. The number of nitrogens with one attached hydrogen (secondary N) is 1. The van der Waals surface area contributed by atoms with Gasteiger partial charge in [0.25, 0.3) is 5.56 Å². The fourth-order valence-electron chi connectivity index (χ4n) is 5.65. The highest BCUT2D eigenvalue weighted by molar-refractivity contribution is 8.00. The van der Waals surface area contributed by atoms with Gasteiger partial charge in [0.05, 0.1) is 23.3 Å². The van der Waals surface area contributed by atoms with Crippen molar-refractivity contribution in [3.8, 4) is 0 Å². The third-order valence-corrected chi connectivity index (χ3v) is 9.57. The van der Waals surface area contributed by atoms with E-state index in [1.807, 2.05) is 0 Å². The van der Waals surface area contributed by atoms with Crippen LogP contribution in [0.3, 0.4) is 0 Å². The third-order valence-electron chi connectivity index (χ3n) is 8.36. The van der Waals surface area contributed by atoms with E-state index in [4.69, 9.17) is 23.7 Å². The van der Waals surface area contributed by atoms with Gasteiger partial charge < -0.3 is 23.7 Å². The number of ether oxygens (including phenoxy) is 5. The van der Waals surface area contributed by atoms with Gasteiger partial charge in [-0.1, -0.05) is 99.0 Å². The number of H-pyrrole nitrogens is 1. The molecule has 1 N–H and O–H groups in total. The van der Waals surface area contributed by atoms with Gasteiger partial charge in [-0.25, -0.2) is 19.2 Å². The normalized spacial score (nSPS) is 18.3. The number of nitrogens with zero attached hydrogens (tertiary/aromatic N) is 2. The molecule has 2 heterocycles. The van der Waals surface area contributed by atoms with Crippen LogP contribution in [0.4, 0.5) is 0 Å². The first-order valence-electron chi connectivity index (χ1n) is 17.7. The van der Waals surface area contributed by atoms with Crippen molar-refractivity contribution < 1.29 is 42.9 Å². The second-order valence-electron chi connectivity index (χ2n) is 12.2. The van der Waals surface area contributed by atoms with Gasteiger partial charge in [-0.15, -0.1) is 0 Å². The predicted octanol–water partition coefficient (Wildman–Crippen LogP) is 5.13. The average molecular weight is 760 g/mol. The molecule has 0 bridgehead atoms. The Morgan fingerprint density at radius 2 is 1.31 bits per heavy atom. The SMILES string of the molecule is CCCCCCC(Sc1nn(C2OC(COC(=O)c3ccccc3)C(OC(=O)c3ccccc3)C2OC(=O)c2ccccc2)c(=O)[nH]c1=O)C(=O)OCC. The van der Waals surface area contributed by atoms with E-state index < -0.39 is 71.5 Å². The van der Waals surface area contributed by atoms with Gasteiger partial charge in [-0.3, -0.25) is 14.6 Å². The molecule has 5 rings (SSSR count). The summed E-state index contributed by atoms with van der Waals surface area (Å²) in [7, 11) is 0. The predicted molar refractivity (Wildman–Crippen MR) is 196 cm³/mol. The van der Waals surface area contributed by atoms with Crippen molar-refractivity contribution in [3.63, 3.8) is 0 Å². The summed E-state index contributed by atoms with van der Waals surface area (Å²) in [6.45, 7) is 3.35. The zero-order valence-corrected chi connectivity index (χ0v) is 30.6. The van der Waals surface area contributed by atoms with Crippen LogP contribution in [0.1, 0.15) is 83.3 Å². The van der Waals surface area contributed by atoms with Gasteiger partial charge >= 0.3 is 29.6 Å². The molecule has 4 aromatic rings. The molecule has 0 spiro atoms. The summed E-state index contributed by atoms with van der Waals surface area (Å²) in [4.78, 5) is 81.8. The van der Waals surface area contributed by atoms with Crippen LogP contribution in [-0.2, 0) is 28.5 Å². The number of esters is 4. The van der Waals surface area contributed by atoms with Crippen molar-refractivity contribution in [2.24, 2.45) is 0 Å². The number of rotatable bonds is 17. The summed E-state index contributed by atoms with van der Waals surface area (Å²) in [5.41, 5.74) is -1.36. The van der Waals surface area contributed by atoms with Crippen molar-refractivity contribution in [1.82, 2.24) is 14.8 Å². The van der Waals surface area contributed by atoms with E-state index in [2.05, 4.69) is 17.0 Å². The molecule has 1 aliphatic heterocycles. The van der Waals surface area contributed by atoms with Gasteiger partial charge in [0.2, 0.25) is 0 Å². The summed E-state index contributed by atoms with van der Waals surface area (Å²) in [6, 6.07) is 24.1. The van der Waals surface area contributed by atoms with Crippen LogP contribution in [0, 0.1) is 0 Å². The van der Waals surface area contributed by atoms with E-state index >= 15 is 0 Å². The fourth-order valence-corrected chi connectivity index (χ4v) is 6.66. The highest BCUT2D eigenvalue weighted by Gasteiger charge is 2.52. The van der Waals surface area contributed by atoms with Crippen molar-refractivity contribution in [1.29, 1.82) is 0 Å². The summed E-state index contributed by atoms with van der Waals surface area (Å²) in [5, 5.41) is 3.24. The van der Waals surface area contributed by atoms with E-state index in [0.717, 1.165) is 35.7 Å². The number of hydrogen-bond acceptors (Lipinski definition) is 13. The zero-order valence-electron chi connectivity index (χ0n) is 29.8. The van der Waals surface area contributed by atoms with Gasteiger partial charge in [0.1, 0.15) is 18.0 Å². The van der Waals surface area contributed by atoms with Gasteiger partial charge in [-0.2, -0.15) is 9.78 Å². The third kappa shape index (κ3) is 10.3. The van der Waals surface area contributed by atoms with Crippen LogP contribution >= 0.6 is 11.8 Å². The van der Waals surface area contributed by atoms with Crippen LogP contribution in [0.5, 0.6) is 0 Å². The van der Waals surface area contributed by atoms with Crippen molar-refractivity contribution in [2.75, 3.05) is 13.2 Å². The fraction of sp³-hybridized carbons (Fsp3) is 0.359. The zero-order chi connectivity index (χ0) is 38.5. The summed E-state index contributed by atoms with van der Waals surface area (Å²) >= 11 is 0.829. The molecule has 5 atom stereocenters. The quantitative estimate of drug-likeness (QED) is 0.0648. The molecular formula is C39H41N3O11S. The largest absolute Gasteiger partial charge is 0.465 e. The number of thioether (sulfide) groups is 1. The molecule has 15 heteroatoms. The molecule has 284 valence electrons. The molecule has 0 radical (unpaired) electrons. The number of unbranched alkanes of at least 4 members (excludes halogenated alkanes) is 3. The summed E-state index contributed by atoms with van der Waals surface area (Å²) in [6.07, 6.45) is -2.06. The number of carbonyl (C=O) groups excluding carboxylic acids is 4. The molecule has 3 aromatic carbocycles. The monoisotopic (exact) mass is 759 g/mol. The molecule has 1 saturated heterocycles. The lowest BCUT2D eigenvalue weighted by Gasteiger charge is -2.24. The molecule has 0 aliphatic carbocycles. The maximum Gasteiger partial charge on any atom is 0.347 e. The van der Waals surface area contributed by atoms with E-state index in [-0.39, 0.29) is 28.3 Å². The topological polar surface area (TPSA) is 182 Å². The van der Waals surface area contributed by atoms with Crippen LogP contribution in [0.15, 0.2) is 106 Å². The molecule has 1 aromatic heterocycles. The first-order chi connectivity index (χ1) is 26.2. The molecule has 0 saturated carbocycles. The Kier molecular flexibility index (Phi) is 14.3. The second-order valence-corrected chi connectivity index (χ2v) is 13.4.